The lowest BCUT2D eigenvalue weighted by atomic mass is 9.82. The largest absolute Gasteiger partial charge is 0.506 e. The zero-order valence-corrected chi connectivity index (χ0v) is 10.9. The normalized spacial score (nSPS) is 22.7. The Bertz CT molecular complexity index is 500. The molecule has 1 N–H and O–H groups in total. The van der Waals surface area contributed by atoms with Crippen LogP contribution in [0.5, 0.6) is 5.75 Å². The molecule has 1 aliphatic carbocycles. The van der Waals surface area contributed by atoms with Gasteiger partial charge in [0.15, 0.2) is 0 Å². The van der Waals surface area contributed by atoms with Crippen molar-refractivity contribution in [2.24, 2.45) is 0 Å². The van der Waals surface area contributed by atoms with E-state index in [1.807, 2.05) is 25.1 Å². The van der Waals surface area contributed by atoms with Crippen LogP contribution in [0.15, 0.2) is 42.0 Å². The first kappa shape index (κ1) is 11.8. The smallest absolute Gasteiger partial charge is 0.139 e. The van der Waals surface area contributed by atoms with Gasteiger partial charge in [0, 0.05) is 19.5 Å². The van der Waals surface area contributed by atoms with Crippen LogP contribution in [-0.2, 0) is 5.41 Å². The van der Waals surface area contributed by atoms with Crippen LogP contribution < -0.4 is 4.90 Å². The molecule has 0 aliphatic heterocycles. The van der Waals surface area contributed by atoms with Crippen LogP contribution in [0.1, 0.15) is 19.4 Å². The van der Waals surface area contributed by atoms with E-state index in [4.69, 9.17) is 0 Å². The Balaban J connectivity index is 2.61. The quantitative estimate of drug-likeness (QED) is 0.841. The zero-order chi connectivity index (χ0) is 12.6. The molecule has 17 heavy (non-hydrogen) atoms. The summed E-state index contributed by atoms with van der Waals surface area (Å²) in [4.78, 5) is 1.96. The molecule has 0 heterocycles. The molecule has 0 fully saturated rings. The summed E-state index contributed by atoms with van der Waals surface area (Å²) in [6.07, 6.45) is 6.54. The van der Waals surface area contributed by atoms with Gasteiger partial charge in [0.05, 0.1) is 5.69 Å². The molecule has 2 rings (SSSR count). The minimum absolute atomic E-state index is 0.123. The van der Waals surface area contributed by atoms with Crippen molar-refractivity contribution in [1.82, 2.24) is 0 Å². The Morgan fingerprint density at radius 3 is 2.47 bits per heavy atom. The molecule has 1 aromatic rings. The second kappa shape index (κ2) is 3.95. The van der Waals surface area contributed by atoms with Crippen LogP contribution in [0.4, 0.5) is 5.69 Å². The van der Waals surface area contributed by atoms with Crippen molar-refractivity contribution in [2.45, 2.75) is 19.3 Å². The third kappa shape index (κ3) is 1.95. The summed E-state index contributed by atoms with van der Waals surface area (Å²) in [5.41, 5.74) is 3.17. The minimum Gasteiger partial charge on any atom is -0.506 e. The maximum absolute atomic E-state index is 10.0. The number of anilines is 1. The standard InChI is InChI=1S/C15H19NO/c1-11-8-9-15(2,10-11)12-6-5-7-13(17)14(12)16(3)4/h5-10,17H,1-4H3. The second-order valence-electron chi connectivity index (χ2n) is 5.07. The number of aromatic hydroxyl groups is 1. The number of rotatable bonds is 2. The van der Waals surface area contributed by atoms with Crippen LogP contribution >= 0.6 is 0 Å². The molecule has 0 spiro atoms. The van der Waals surface area contributed by atoms with Gasteiger partial charge in [-0.25, -0.2) is 0 Å². The molecule has 0 aromatic heterocycles. The van der Waals surface area contributed by atoms with Gasteiger partial charge >= 0.3 is 0 Å². The molecular weight excluding hydrogens is 210 g/mol. The second-order valence-corrected chi connectivity index (χ2v) is 5.07. The number of nitrogens with zero attached hydrogens (tertiary/aromatic N) is 1. The molecule has 1 atom stereocenters. The third-order valence-electron chi connectivity index (χ3n) is 3.26. The van der Waals surface area contributed by atoms with Crippen LogP contribution in [0.3, 0.4) is 0 Å². The van der Waals surface area contributed by atoms with Gasteiger partial charge in [-0.2, -0.15) is 0 Å². The molecule has 1 unspecified atom stereocenters. The van der Waals surface area contributed by atoms with E-state index in [2.05, 4.69) is 38.1 Å². The van der Waals surface area contributed by atoms with Crippen molar-refractivity contribution in [3.63, 3.8) is 0 Å². The molecule has 0 amide bonds. The third-order valence-corrected chi connectivity index (χ3v) is 3.26. The number of hydrogen-bond acceptors (Lipinski definition) is 2. The Labute approximate surface area is 103 Å². The maximum Gasteiger partial charge on any atom is 0.139 e. The van der Waals surface area contributed by atoms with Crippen molar-refractivity contribution < 1.29 is 5.11 Å². The highest BCUT2D eigenvalue weighted by Crippen LogP contribution is 2.42. The van der Waals surface area contributed by atoms with Crippen molar-refractivity contribution >= 4 is 5.69 Å². The highest BCUT2D eigenvalue weighted by Gasteiger charge is 2.28. The van der Waals surface area contributed by atoms with Crippen molar-refractivity contribution in [3.8, 4) is 5.75 Å². The van der Waals surface area contributed by atoms with Gasteiger partial charge in [0.1, 0.15) is 5.75 Å². The molecule has 0 saturated heterocycles. The number of para-hydroxylation sites is 1. The topological polar surface area (TPSA) is 23.5 Å². The van der Waals surface area contributed by atoms with Gasteiger partial charge in [-0.1, -0.05) is 35.9 Å². The fraction of sp³-hybridized carbons (Fsp3) is 0.333. The van der Waals surface area contributed by atoms with Crippen molar-refractivity contribution in [3.05, 3.63) is 47.6 Å². The monoisotopic (exact) mass is 229 g/mol. The number of benzene rings is 1. The average Bonchev–Trinajstić information content (AvgIpc) is 2.59. The minimum atomic E-state index is -0.123. The maximum atomic E-state index is 10.0. The Morgan fingerprint density at radius 1 is 1.24 bits per heavy atom. The molecule has 2 heteroatoms. The van der Waals surface area contributed by atoms with Gasteiger partial charge in [0.2, 0.25) is 0 Å². The fourth-order valence-electron chi connectivity index (χ4n) is 2.48. The van der Waals surface area contributed by atoms with E-state index < -0.39 is 0 Å². The Morgan fingerprint density at radius 2 is 1.94 bits per heavy atom. The van der Waals surface area contributed by atoms with E-state index in [9.17, 15) is 5.11 Å². The molecule has 0 bridgehead atoms. The summed E-state index contributed by atoms with van der Waals surface area (Å²) in [6.45, 7) is 4.27. The van der Waals surface area contributed by atoms with Crippen LogP contribution in [0, 0.1) is 0 Å². The van der Waals surface area contributed by atoms with E-state index in [-0.39, 0.29) is 5.41 Å². The van der Waals surface area contributed by atoms with Crippen molar-refractivity contribution in [2.75, 3.05) is 19.0 Å². The predicted molar refractivity (Wildman–Crippen MR) is 72.7 cm³/mol. The van der Waals surface area contributed by atoms with E-state index >= 15 is 0 Å². The summed E-state index contributed by atoms with van der Waals surface area (Å²) in [6, 6.07) is 5.71. The highest BCUT2D eigenvalue weighted by atomic mass is 16.3. The molecule has 1 aliphatic rings. The molecule has 90 valence electrons. The predicted octanol–water partition coefficient (Wildman–Crippen LogP) is 3.23. The first-order valence-corrected chi connectivity index (χ1v) is 5.82. The summed E-state index contributed by atoms with van der Waals surface area (Å²) in [5.74, 6) is 0.333. The summed E-state index contributed by atoms with van der Waals surface area (Å²) < 4.78 is 0. The van der Waals surface area contributed by atoms with E-state index in [0.29, 0.717) is 5.75 Å². The van der Waals surface area contributed by atoms with Crippen LogP contribution in [-0.4, -0.2) is 19.2 Å². The number of allylic oxidation sites excluding steroid dienone is 4. The lowest BCUT2D eigenvalue weighted by Gasteiger charge is -2.27. The molecule has 2 nitrogen and oxygen atoms in total. The number of phenols is 1. The van der Waals surface area contributed by atoms with E-state index in [1.54, 1.807) is 6.07 Å². The SMILES string of the molecule is CC1=CC(C)(c2cccc(O)c2N(C)C)C=C1. The summed E-state index contributed by atoms with van der Waals surface area (Å²) in [7, 11) is 3.91. The molecule has 0 radical (unpaired) electrons. The Hall–Kier alpha value is -1.70. The highest BCUT2D eigenvalue weighted by molar-refractivity contribution is 5.67. The van der Waals surface area contributed by atoms with E-state index in [1.165, 1.54) is 5.57 Å². The molecule has 0 saturated carbocycles. The molecule has 1 aromatic carbocycles. The number of phenolic OH excluding ortho intramolecular Hbond substituents is 1. The van der Waals surface area contributed by atoms with Crippen molar-refractivity contribution in [1.29, 1.82) is 0 Å². The molecular formula is C15H19NO. The zero-order valence-electron chi connectivity index (χ0n) is 10.9. The lowest BCUT2D eigenvalue weighted by Crippen LogP contribution is -2.20. The number of hydrogen-bond donors (Lipinski definition) is 1. The fourth-order valence-corrected chi connectivity index (χ4v) is 2.48. The summed E-state index contributed by atoms with van der Waals surface area (Å²) in [5, 5.41) is 10.0. The van der Waals surface area contributed by atoms with Gasteiger partial charge < -0.3 is 10.0 Å². The first-order valence-electron chi connectivity index (χ1n) is 5.82. The van der Waals surface area contributed by atoms with Gasteiger partial charge in [-0.3, -0.25) is 0 Å². The van der Waals surface area contributed by atoms with Gasteiger partial charge in [0.25, 0.3) is 0 Å². The van der Waals surface area contributed by atoms with Gasteiger partial charge in [-0.15, -0.1) is 0 Å². The first-order chi connectivity index (χ1) is 7.94. The Kier molecular flexibility index (Phi) is 2.74. The lowest BCUT2D eigenvalue weighted by molar-refractivity contribution is 0.474. The summed E-state index contributed by atoms with van der Waals surface area (Å²) >= 11 is 0. The average molecular weight is 229 g/mol. The van der Waals surface area contributed by atoms with Crippen LogP contribution in [0.2, 0.25) is 0 Å². The van der Waals surface area contributed by atoms with E-state index in [0.717, 1.165) is 11.3 Å². The van der Waals surface area contributed by atoms with Gasteiger partial charge in [-0.05, 0) is 25.5 Å². The van der Waals surface area contributed by atoms with Crippen LogP contribution in [0.25, 0.3) is 0 Å².